The van der Waals surface area contributed by atoms with Crippen LogP contribution in [-0.2, 0) is 16.2 Å². The first-order chi connectivity index (χ1) is 16.9. The topological polar surface area (TPSA) is 67.9 Å². The number of hydrogen-bond acceptors (Lipinski definition) is 5. The minimum atomic E-state index is -0.567. The highest BCUT2D eigenvalue weighted by Gasteiger charge is 2.34. The van der Waals surface area contributed by atoms with Gasteiger partial charge in [-0.25, -0.2) is 0 Å². The Morgan fingerprint density at radius 1 is 1.06 bits per heavy atom. The molecule has 0 bridgehead atoms. The van der Waals surface area contributed by atoms with Gasteiger partial charge in [0.15, 0.2) is 16.6 Å². The predicted molar refractivity (Wildman–Crippen MR) is 144 cm³/mol. The highest BCUT2D eigenvalue weighted by Crippen LogP contribution is 2.38. The summed E-state index contributed by atoms with van der Waals surface area (Å²) in [4.78, 5) is 27.2. The van der Waals surface area contributed by atoms with Crippen LogP contribution in [-0.4, -0.2) is 23.5 Å². The number of nitrogens with one attached hydrogen (secondary N) is 1. The van der Waals surface area contributed by atoms with Crippen molar-refractivity contribution in [3.05, 3.63) is 92.9 Å². The molecule has 35 heavy (non-hydrogen) atoms. The molecule has 1 fully saturated rings. The summed E-state index contributed by atoms with van der Waals surface area (Å²) < 4.78 is 12.4. The summed E-state index contributed by atoms with van der Waals surface area (Å²) in [6, 6.07) is 19.8. The summed E-state index contributed by atoms with van der Waals surface area (Å²) in [7, 11) is 0. The van der Waals surface area contributed by atoms with Gasteiger partial charge in [-0.3, -0.25) is 19.8 Å². The van der Waals surface area contributed by atoms with E-state index in [1.165, 1.54) is 11.0 Å². The normalized spacial score (nSPS) is 14.8. The van der Waals surface area contributed by atoms with Gasteiger partial charge in [0, 0.05) is 5.02 Å². The highest BCUT2D eigenvalue weighted by molar-refractivity contribution is 9.10. The van der Waals surface area contributed by atoms with Gasteiger partial charge < -0.3 is 9.47 Å². The molecule has 0 radical (unpaired) electrons. The number of thiocarbonyl (C=S) groups is 1. The number of carbonyl (C=O) groups is 2. The Bertz CT molecular complexity index is 1330. The minimum Gasteiger partial charge on any atom is -0.490 e. The van der Waals surface area contributed by atoms with Crippen molar-refractivity contribution in [2.24, 2.45) is 0 Å². The molecule has 0 aromatic heterocycles. The van der Waals surface area contributed by atoms with Gasteiger partial charge in [-0.1, -0.05) is 41.9 Å². The van der Waals surface area contributed by atoms with Crippen LogP contribution in [0.3, 0.4) is 0 Å². The van der Waals surface area contributed by atoms with Crippen LogP contribution in [0.25, 0.3) is 6.08 Å². The van der Waals surface area contributed by atoms with Gasteiger partial charge in [0.1, 0.15) is 12.2 Å². The largest absolute Gasteiger partial charge is 0.490 e. The number of ether oxygens (including phenoxy) is 2. The standard InChI is InChI=1S/C26H20BrClN2O4S/c1-2-33-22-14-17(13-21(27)23(22)34-15-16-7-6-8-18(28)11-16)12-20-24(31)29-26(35)30(25(20)32)19-9-4-3-5-10-19/h3-14H,2,15H2,1H3,(H,29,31,35)/b20-12-. The van der Waals surface area contributed by atoms with Gasteiger partial charge in [-0.05, 0) is 88.7 Å². The van der Waals surface area contributed by atoms with Crippen LogP contribution in [0.1, 0.15) is 18.1 Å². The first kappa shape index (κ1) is 24.9. The molecule has 1 aliphatic rings. The number of benzene rings is 3. The zero-order valence-corrected chi connectivity index (χ0v) is 21.7. The van der Waals surface area contributed by atoms with E-state index in [9.17, 15) is 9.59 Å². The summed E-state index contributed by atoms with van der Waals surface area (Å²) >= 11 is 14.8. The summed E-state index contributed by atoms with van der Waals surface area (Å²) in [5.74, 6) is -0.113. The number of hydrogen-bond donors (Lipinski definition) is 1. The van der Waals surface area contributed by atoms with Crippen molar-refractivity contribution < 1.29 is 19.1 Å². The SMILES string of the molecule is CCOc1cc(/C=C2/C(=O)NC(=S)N(c3ccccc3)C2=O)cc(Br)c1OCc1cccc(Cl)c1. The van der Waals surface area contributed by atoms with Gasteiger partial charge in [0.25, 0.3) is 11.8 Å². The van der Waals surface area contributed by atoms with Gasteiger partial charge in [-0.2, -0.15) is 0 Å². The van der Waals surface area contributed by atoms with E-state index < -0.39 is 11.8 Å². The number of anilines is 1. The zero-order valence-electron chi connectivity index (χ0n) is 18.6. The maximum absolute atomic E-state index is 13.2. The molecule has 0 atom stereocenters. The van der Waals surface area contributed by atoms with Gasteiger partial charge in [0.2, 0.25) is 0 Å². The third-order valence-electron chi connectivity index (χ3n) is 5.03. The van der Waals surface area contributed by atoms with Crippen LogP contribution < -0.4 is 19.7 Å². The van der Waals surface area contributed by atoms with Crippen LogP contribution in [0.15, 0.2) is 76.8 Å². The quantitative estimate of drug-likeness (QED) is 0.217. The highest BCUT2D eigenvalue weighted by atomic mass is 79.9. The van der Waals surface area contributed by atoms with E-state index in [0.717, 1.165) is 5.56 Å². The first-order valence-corrected chi connectivity index (χ1v) is 12.3. The lowest BCUT2D eigenvalue weighted by molar-refractivity contribution is -0.122. The fourth-order valence-electron chi connectivity index (χ4n) is 3.49. The van der Waals surface area contributed by atoms with Crippen molar-refractivity contribution in [1.82, 2.24) is 5.32 Å². The van der Waals surface area contributed by atoms with Gasteiger partial charge in [0.05, 0.1) is 16.8 Å². The number of nitrogens with zero attached hydrogens (tertiary/aromatic N) is 1. The molecule has 3 aromatic carbocycles. The maximum Gasteiger partial charge on any atom is 0.270 e. The van der Waals surface area contributed by atoms with Crippen LogP contribution in [0.5, 0.6) is 11.5 Å². The number of para-hydroxylation sites is 1. The van der Waals surface area contributed by atoms with Crippen LogP contribution in [0.4, 0.5) is 5.69 Å². The smallest absolute Gasteiger partial charge is 0.270 e. The van der Waals surface area contributed by atoms with Gasteiger partial charge >= 0.3 is 0 Å². The second-order valence-electron chi connectivity index (χ2n) is 7.47. The van der Waals surface area contributed by atoms with Crippen molar-refractivity contribution in [2.75, 3.05) is 11.5 Å². The molecule has 0 unspecified atom stereocenters. The van der Waals surface area contributed by atoms with E-state index in [-0.39, 0.29) is 17.3 Å². The first-order valence-electron chi connectivity index (χ1n) is 10.7. The third kappa shape index (κ3) is 5.73. The second kappa shape index (κ2) is 11.0. The van der Waals surface area contributed by atoms with Crippen LogP contribution in [0, 0.1) is 0 Å². The molecule has 3 aromatic rings. The Morgan fingerprint density at radius 2 is 1.83 bits per heavy atom. The van der Waals surface area contributed by atoms with Gasteiger partial charge in [-0.15, -0.1) is 0 Å². The molecule has 1 N–H and O–H groups in total. The number of halogens is 2. The lowest BCUT2D eigenvalue weighted by atomic mass is 10.1. The molecular formula is C26H20BrClN2O4S. The number of carbonyl (C=O) groups excluding carboxylic acids is 2. The lowest BCUT2D eigenvalue weighted by Crippen LogP contribution is -2.54. The Hall–Kier alpha value is -3.20. The van der Waals surface area contributed by atoms with Crippen molar-refractivity contribution in [3.8, 4) is 11.5 Å². The van der Waals surface area contributed by atoms with Crippen molar-refractivity contribution in [1.29, 1.82) is 0 Å². The molecule has 1 aliphatic heterocycles. The van der Waals surface area contributed by atoms with Crippen molar-refractivity contribution in [2.45, 2.75) is 13.5 Å². The minimum absolute atomic E-state index is 0.0318. The summed E-state index contributed by atoms with van der Waals surface area (Å²) in [5, 5.41) is 3.24. The van der Waals surface area contributed by atoms with E-state index in [4.69, 9.17) is 33.3 Å². The van der Waals surface area contributed by atoms with Crippen LogP contribution in [0.2, 0.25) is 5.02 Å². The predicted octanol–water partition coefficient (Wildman–Crippen LogP) is 5.91. The number of amides is 2. The van der Waals surface area contributed by atoms with E-state index in [0.29, 0.717) is 38.9 Å². The summed E-state index contributed by atoms with van der Waals surface area (Å²) in [5.41, 5.74) is 1.99. The maximum atomic E-state index is 13.2. The molecule has 9 heteroatoms. The number of rotatable bonds is 7. The van der Waals surface area contributed by atoms with Crippen molar-refractivity contribution >= 4 is 68.4 Å². The molecular weight excluding hydrogens is 552 g/mol. The Morgan fingerprint density at radius 3 is 2.54 bits per heavy atom. The lowest BCUT2D eigenvalue weighted by Gasteiger charge is -2.28. The Balaban J connectivity index is 1.66. The Kier molecular flexibility index (Phi) is 7.85. The summed E-state index contributed by atoms with van der Waals surface area (Å²) in [6.45, 7) is 2.54. The average Bonchev–Trinajstić information content (AvgIpc) is 2.82. The molecule has 0 spiro atoms. The molecule has 4 rings (SSSR count). The second-order valence-corrected chi connectivity index (χ2v) is 9.15. The van der Waals surface area contributed by atoms with E-state index in [2.05, 4.69) is 21.2 Å². The molecule has 0 aliphatic carbocycles. The molecule has 178 valence electrons. The monoisotopic (exact) mass is 570 g/mol. The summed E-state index contributed by atoms with van der Waals surface area (Å²) in [6.07, 6.45) is 1.50. The molecule has 1 saturated heterocycles. The van der Waals surface area contributed by atoms with Crippen molar-refractivity contribution in [3.63, 3.8) is 0 Å². The zero-order chi connectivity index (χ0) is 24.9. The average molecular weight is 572 g/mol. The molecule has 0 saturated carbocycles. The fraction of sp³-hybridized carbons (Fsp3) is 0.115. The third-order valence-corrected chi connectivity index (χ3v) is 6.14. The van der Waals surface area contributed by atoms with Crippen LogP contribution >= 0.6 is 39.7 Å². The molecule has 6 nitrogen and oxygen atoms in total. The van der Waals surface area contributed by atoms with E-state index in [1.807, 2.05) is 31.2 Å². The molecule has 1 heterocycles. The van der Waals surface area contributed by atoms with E-state index >= 15 is 0 Å². The Labute approximate surface area is 221 Å². The molecule has 2 amide bonds. The fourth-order valence-corrected chi connectivity index (χ4v) is 4.56. The van der Waals surface area contributed by atoms with E-state index in [1.54, 1.807) is 42.5 Å².